The van der Waals surface area contributed by atoms with Crippen LogP contribution in [0.3, 0.4) is 0 Å². The van der Waals surface area contributed by atoms with Gasteiger partial charge in [-0.3, -0.25) is 14.5 Å². The molecule has 1 saturated heterocycles. The van der Waals surface area contributed by atoms with E-state index < -0.39 is 0 Å². The summed E-state index contributed by atoms with van der Waals surface area (Å²) < 4.78 is 16.6. The number of hydrogen-bond donors (Lipinski definition) is 0. The standard InChI is InChI=1S/C22H23NO5S/c1-3-12-28-18-10-9-16(14-19(18)26-2)15-20-21(24)23(22(25)29-20)11-13-27-17-7-5-4-6-8-17/h4-10,14-15H,3,11-13H2,1-2H3/b20-15-. The third-order valence-electron chi connectivity index (χ3n) is 4.15. The highest BCUT2D eigenvalue weighted by molar-refractivity contribution is 8.18. The Morgan fingerprint density at radius 3 is 2.52 bits per heavy atom. The van der Waals surface area contributed by atoms with Crippen LogP contribution in [-0.2, 0) is 4.79 Å². The van der Waals surface area contributed by atoms with E-state index in [9.17, 15) is 9.59 Å². The van der Waals surface area contributed by atoms with Crippen LogP contribution in [0.1, 0.15) is 18.9 Å². The summed E-state index contributed by atoms with van der Waals surface area (Å²) in [6.07, 6.45) is 2.58. The summed E-state index contributed by atoms with van der Waals surface area (Å²) >= 11 is 0.925. The molecule has 0 spiro atoms. The average Bonchev–Trinajstić information content (AvgIpc) is 3.00. The van der Waals surface area contributed by atoms with E-state index in [1.54, 1.807) is 25.3 Å². The van der Waals surface area contributed by atoms with Crippen LogP contribution in [0.25, 0.3) is 6.08 Å². The van der Waals surface area contributed by atoms with Crippen LogP contribution in [-0.4, -0.2) is 42.9 Å². The minimum Gasteiger partial charge on any atom is -0.493 e. The molecular formula is C22H23NO5S. The quantitative estimate of drug-likeness (QED) is 0.560. The summed E-state index contributed by atoms with van der Waals surface area (Å²) in [5.74, 6) is 1.62. The molecule has 0 saturated carbocycles. The van der Waals surface area contributed by atoms with Gasteiger partial charge in [0, 0.05) is 0 Å². The first-order valence-corrected chi connectivity index (χ1v) is 10.2. The Balaban J connectivity index is 1.66. The number of amides is 2. The van der Waals surface area contributed by atoms with Crippen molar-refractivity contribution in [3.63, 3.8) is 0 Å². The van der Waals surface area contributed by atoms with Crippen LogP contribution in [0.5, 0.6) is 17.2 Å². The van der Waals surface area contributed by atoms with Crippen molar-refractivity contribution >= 4 is 29.0 Å². The maximum Gasteiger partial charge on any atom is 0.293 e. The van der Waals surface area contributed by atoms with Gasteiger partial charge in [-0.05, 0) is 54.1 Å². The molecule has 0 bridgehead atoms. The van der Waals surface area contributed by atoms with E-state index in [1.807, 2.05) is 43.3 Å². The maximum absolute atomic E-state index is 12.6. The highest BCUT2D eigenvalue weighted by Crippen LogP contribution is 2.34. The molecule has 3 rings (SSSR count). The Hall–Kier alpha value is -2.93. The minimum absolute atomic E-state index is 0.198. The molecule has 2 amide bonds. The Kier molecular flexibility index (Phi) is 7.19. The van der Waals surface area contributed by atoms with E-state index >= 15 is 0 Å². The molecule has 0 atom stereocenters. The van der Waals surface area contributed by atoms with Gasteiger partial charge in [-0.2, -0.15) is 0 Å². The lowest BCUT2D eigenvalue weighted by molar-refractivity contribution is -0.123. The second-order valence-electron chi connectivity index (χ2n) is 6.25. The highest BCUT2D eigenvalue weighted by atomic mass is 32.2. The zero-order valence-corrected chi connectivity index (χ0v) is 17.2. The monoisotopic (exact) mass is 413 g/mol. The van der Waals surface area contributed by atoms with Crippen molar-refractivity contribution in [2.75, 3.05) is 26.9 Å². The van der Waals surface area contributed by atoms with Crippen molar-refractivity contribution in [2.24, 2.45) is 0 Å². The summed E-state index contributed by atoms with van der Waals surface area (Å²) in [5.41, 5.74) is 0.761. The molecule has 0 unspecified atom stereocenters. The lowest BCUT2D eigenvalue weighted by Crippen LogP contribution is -2.32. The number of para-hydroxylation sites is 1. The number of benzene rings is 2. The Morgan fingerprint density at radius 1 is 1.00 bits per heavy atom. The van der Waals surface area contributed by atoms with Gasteiger partial charge in [-0.25, -0.2) is 0 Å². The smallest absolute Gasteiger partial charge is 0.293 e. The van der Waals surface area contributed by atoms with Gasteiger partial charge in [0.15, 0.2) is 11.5 Å². The number of ether oxygens (including phenoxy) is 3. The van der Waals surface area contributed by atoms with E-state index in [1.165, 1.54) is 4.90 Å². The van der Waals surface area contributed by atoms with E-state index in [-0.39, 0.29) is 24.3 Å². The summed E-state index contributed by atoms with van der Waals surface area (Å²) in [6, 6.07) is 14.7. The van der Waals surface area contributed by atoms with Crippen molar-refractivity contribution in [1.29, 1.82) is 0 Å². The molecule has 1 aliphatic rings. The fraction of sp³-hybridized carbons (Fsp3) is 0.273. The second kappa shape index (κ2) is 10.0. The Morgan fingerprint density at radius 2 is 1.79 bits per heavy atom. The van der Waals surface area contributed by atoms with Gasteiger partial charge in [0.2, 0.25) is 0 Å². The van der Waals surface area contributed by atoms with Crippen molar-refractivity contribution in [1.82, 2.24) is 4.90 Å². The Labute approximate surface area is 174 Å². The number of carbonyl (C=O) groups excluding carboxylic acids is 2. The molecule has 0 radical (unpaired) electrons. The van der Waals surface area contributed by atoms with Gasteiger partial charge < -0.3 is 14.2 Å². The molecule has 6 nitrogen and oxygen atoms in total. The average molecular weight is 413 g/mol. The molecule has 0 aromatic heterocycles. The number of rotatable bonds is 9. The molecular weight excluding hydrogens is 390 g/mol. The van der Waals surface area contributed by atoms with Crippen molar-refractivity contribution in [3.05, 3.63) is 59.0 Å². The first-order chi connectivity index (χ1) is 14.1. The molecule has 29 heavy (non-hydrogen) atoms. The number of methoxy groups -OCH3 is 1. The Bertz CT molecular complexity index is 897. The largest absolute Gasteiger partial charge is 0.493 e. The molecule has 1 aliphatic heterocycles. The third-order valence-corrected chi connectivity index (χ3v) is 5.05. The highest BCUT2D eigenvalue weighted by Gasteiger charge is 2.34. The summed E-state index contributed by atoms with van der Waals surface area (Å²) in [5, 5.41) is -0.298. The number of hydrogen-bond acceptors (Lipinski definition) is 6. The van der Waals surface area contributed by atoms with Crippen LogP contribution in [0.2, 0.25) is 0 Å². The van der Waals surface area contributed by atoms with Crippen LogP contribution in [0.4, 0.5) is 4.79 Å². The van der Waals surface area contributed by atoms with E-state index in [0.29, 0.717) is 28.8 Å². The van der Waals surface area contributed by atoms with E-state index in [2.05, 4.69) is 0 Å². The summed E-state index contributed by atoms with van der Waals surface area (Å²) in [4.78, 5) is 26.5. The molecule has 2 aromatic carbocycles. The molecule has 0 N–H and O–H groups in total. The van der Waals surface area contributed by atoms with E-state index in [4.69, 9.17) is 14.2 Å². The van der Waals surface area contributed by atoms with Gasteiger partial charge in [0.25, 0.3) is 11.1 Å². The summed E-state index contributed by atoms with van der Waals surface area (Å²) in [6.45, 7) is 3.07. The lowest BCUT2D eigenvalue weighted by Gasteiger charge is -2.13. The fourth-order valence-corrected chi connectivity index (χ4v) is 3.59. The predicted octanol–water partition coefficient (Wildman–Crippen LogP) is 4.60. The van der Waals surface area contributed by atoms with E-state index in [0.717, 1.165) is 23.7 Å². The number of imide groups is 1. The fourth-order valence-electron chi connectivity index (χ4n) is 2.72. The molecule has 7 heteroatoms. The number of carbonyl (C=O) groups is 2. The first kappa shape index (κ1) is 20.8. The van der Waals surface area contributed by atoms with Crippen molar-refractivity contribution in [2.45, 2.75) is 13.3 Å². The minimum atomic E-state index is -0.318. The van der Waals surface area contributed by atoms with Gasteiger partial charge >= 0.3 is 0 Å². The van der Waals surface area contributed by atoms with Crippen molar-refractivity contribution < 1.29 is 23.8 Å². The predicted molar refractivity (Wildman–Crippen MR) is 113 cm³/mol. The van der Waals surface area contributed by atoms with Crippen LogP contribution < -0.4 is 14.2 Å². The number of thioether (sulfide) groups is 1. The zero-order chi connectivity index (χ0) is 20.6. The van der Waals surface area contributed by atoms with Crippen molar-refractivity contribution in [3.8, 4) is 17.2 Å². The van der Waals surface area contributed by atoms with Gasteiger partial charge in [0.05, 0.1) is 25.2 Å². The zero-order valence-electron chi connectivity index (χ0n) is 16.4. The lowest BCUT2D eigenvalue weighted by atomic mass is 10.2. The normalized spacial score (nSPS) is 15.1. The molecule has 1 fully saturated rings. The molecule has 0 aliphatic carbocycles. The van der Waals surface area contributed by atoms with Crippen LogP contribution >= 0.6 is 11.8 Å². The topological polar surface area (TPSA) is 65.1 Å². The van der Waals surface area contributed by atoms with Crippen LogP contribution in [0.15, 0.2) is 53.4 Å². The molecule has 152 valence electrons. The van der Waals surface area contributed by atoms with Gasteiger partial charge in [-0.15, -0.1) is 0 Å². The number of nitrogens with zero attached hydrogens (tertiary/aromatic N) is 1. The molecule has 1 heterocycles. The third kappa shape index (κ3) is 5.32. The molecule has 2 aromatic rings. The van der Waals surface area contributed by atoms with Gasteiger partial charge in [-0.1, -0.05) is 31.2 Å². The van der Waals surface area contributed by atoms with Crippen LogP contribution in [0, 0.1) is 0 Å². The first-order valence-electron chi connectivity index (χ1n) is 9.36. The second-order valence-corrected chi connectivity index (χ2v) is 7.25. The van der Waals surface area contributed by atoms with Gasteiger partial charge in [0.1, 0.15) is 12.4 Å². The summed E-state index contributed by atoms with van der Waals surface area (Å²) in [7, 11) is 1.57. The SMILES string of the molecule is CCCOc1ccc(/C=C2\SC(=O)N(CCOc3ccccc3)C2=O)cc1OC. The maximum atomic E-state index is 12.6.